The number of hydrogen-bond acceptors (Lipinski definition) is 4. The standard InChI is InChI=1S/C14H21ClN2O4S/c1-9(16-13(18)21-14(2,3)4)10-6-7-12(11(15)8-10)17-22(5,19)20/h6-9,17H,1-5H3,(H,16,18). The van der Waals surface area contributed by atoms with Gasteiger partial charge in [0.25, 0.3) is 0 Å². The summed E-state index contributed by atoms with van der Waals surface area (Å²) in [6, 6.07) is 4.49. The lowest BCUT2D eigenvalue weighted by molar-refractivity contribution is 0.0508. The van der Waals surface area contributed by atoms with E-state index in [0.717, 1.165) is 11.8 Å². The summed E-state index contributed by atoms with van der Waals surface area (Å²) in [5.41, 5.74) is 0.442. The van der Waals surface area contributed by atoms with Crippen LogP contribution in [0, 0.1) is 0 Å². The van der Waals surface area contributed by atoms with Crippen LogP contribution in [0.2, 0.25) is 5.02 Å². The lowest BCUT2D eigenvalue weighted by Crippen LogP contribution is -2.34. The molecule has 0 saturated heterocycles. The highest BCUT2D eigenvalue weighted by Crippen LogP contribution is 2.26. The Balaban J connectivity index is 2.81. The van der Waals surface area contributed by atoms with Crippen LogP contribution in [0.3, 0.4) is 0 Å². The molecule has 1 unspecified atom stereocenters. The Hall–Kier alpha value is -1.47. The van der Waals surface area contributed by atoms with E-state index in [1.54, 1.807) is 45.9 Å². The van der Waals surface area contributed by atoms with Crippen molar-refractivity contribution in [3.8, 4) is 0 Å². The Bertz CT molecular complexity index is 653. The first-order valence-corrected chi connectivity index (χ1v) is 8.91. The van der Waals surface area contributed by atoms with E-state index in [2.05, 4.69) is 10.0 Å². The van der Waals surface area contributed by atoms with Crippen molar-refractivity contribution in [3.05, 3.63) is 28.8 Å². The molecular weight excluding hydrogens is 328 g/mol. The summed E-state index contributed by atoms with van der Waals surface area (Å²) in [6.07, 6.45) is 0.513. The highest BCUT2D eigenvalue weighted by Gasteiger charge is 2.19. The van der Waals surface area contributed by atoms with Crippen LogP contribution in [0.5, 0.6) is 0 Å². The lowest BCUT2D eigenvalue weighted by atomic mass is 10.1. The van der Waals surface area contributed by atoms with Crippen LogP contribution in [-0.4, -0.2) is 26.4 Å². The van der Waals surface area contributed by atoms with Crippen molar-refractivity contribution in [1.29, 1.82) is 0 Å². The van der Waals surface area contributed by atoms with Gasteiger partial charge in [-0.2, -0.15) is 0 Å². The van der Waals surface area contributed by atoms with Crippen molar-refractivity contribution in [2.45, 2.75) is 39.3 Å². The van der Waals surface area contributed by atoms with Gasteiger partial charge in [0.1, 0.15) is 5.60 Å². The topological polar surface area (TPSA) is 84.5 Å². The summed E-state index contributed by atoms with van der Waals surface area (Å²) in [5, 5.41) is 2.94. The predicted molar refractivity (Wildman–Crippen MR) is 87.7 cm³/mol. The van der Waals surface area contributed by atoms with Crippen molar-refractivity contribution in [2.24, 2.45) is 0 Å². The summed E-state index contributed by atoms with van der Waals surface area (Å²) in [7, 11) is -3.40. The van der Waals surface area contributed by atoms with E-state index >= 15 is 0 Å². The fraction of sp³-hybridized carbons (Fsp3) is 0.500. The molecule has 1 atom stereocenters. The maximum Gasteiger partial charge on any atom is 0.408 e. The van der Waals surface area contributed by atoms with E-state index in [9.17, 15) is 13.2 Å². The number of ether oxygens (including phenoxy) is 1. The number of nitrogens with one attached hydrogen (secondary N) is 2. The molecule has 1 aromatic carbocycles. The number of carbonyl (C=O) groups is 1. The highest BCUT2D eigenvalue weighted by molar-refractivity contribution is 7.92. The summed E-state index contributed by atoms with van der Waals surface area (Å²) in [6.45, 7) is 7.11. The first-order chi connectivity index (χ1) is 9.87. The van der Waals surface area contributed by atoms with Crippen molar-refractivity contribution in [2.75, 3.05) is 11.0 Å². The van der Waals surface area contributed by atoms with Gasteiger partial charge in [-0.25, -0.2) is 13.2 Å². The molecule has 2 N–H and O–H groups in total. The molecule has 22 heavy (non-hydrogen) atoms. The molecule has 0 saturated carbocycles. The SMILES string of the molecule is CC(NC(=O)OC(C)(C)C)c1ccc(NS(C)(=O)=O)c(Cl)c1. The molecule has 0 radical (unpaired) electrons. The van der Waals surface area contributed by atoms with Crippen LogP contribution < -0.4 is 10.0 Å². The zero-order valence-corrected chi connectivity index (χ0v) is 14.8. The van der Waals surface area contributed by atoms with E-state index < -0.39 is 21.7 Å². The van der Waals surface area contributed by atoms with Gasteiger partial charge in [0.15, 0.2) is 0 Å². The van der Waals surface area contributed by atoms with Crippen molar-refractivity contribution < 1.29 is 17.9 Å². The maximum absolute atomic E-state index is 11.7. The lowest BCUT2D eigenvalue weighted by Gasteiger charge is -2.22. The molecule has 124 valence electrons. The summed E-state index contributed by atoms with van der Waals surface area (Å²) in [4.78, 5) is 11.7. The third kappa shape index (κ3) is 6.53. The monoisotopic (exact) mass is 348 g/mol. The van der Waals surface area contributed by atoms with Gasteiger partial charge < -0.3 is 10.1 Å². The Morgan fingerprint density at radius 3 is 2.36 bits per heavy atom. The molecule has 1 amide bonds. The molecular formula is C14H21ClN2O4S. The Morgan fingerprint density at radius 2 is 1.91 bits per heavy atom. The largest absolute Gasteiger partial charge is 0.444 e. The highest BCUT2D eigenvalue weighted by atomic mass is 35.5. The van der Waals surface area contributed by atoms with Crippen LogP contribution in [0.25, 0.3) is 0 Å². The number of carbonyl (C=O) groups excluding carboxylic acids is 1. The third-order valence-corrected chi connectivity index (χ3v) is 3.43. The Labute approximate surface area is 136 Å². The Morgan fingerprint density at radius 1 is 1.32 bits per heavy atom. The number of rotatable bonds is 4. The minimum atomic E-state index is -3.40. The van der Waals surface area contributed by atoms with Crippen LogP contribution >= 0.6 is 11.6 Å². The van der Waals surface area contributed by atoms with E-state index in [1.165, 1.54) is 0 Å². The number of alkyl carbamates (subject to hydrolysis) is 1. The van der Waals surface area contributed by atoms with Crippen LogP contribution in [0.15, 0.2) is 18.2 Å². The van der Waals surface area contributed by atoms with Gasteiger partial charge in [-0.3, -0.25) is 4.72 Å². The van der Waals surface area contributed by atoms with Gasteiger partial charge in [0.2, 0.25) is 10.0 Å². The van der Waals surface area contributed by atoms with Gasteiger partial charge >= 0.3 is 6.09 Å². The molecule has 6 nitrogen and oxygen atoms in total. The van der Waals surface area contributed by atoms with Crippen LogP contribution in [0.1, 0.15) is 39.3 Å². The van der Waals surface area contributed by atoms with Crippen molar-refractivity contribution in [1.82, 2.24) is 5.32 Å². The van der Waals surface area contributed by atoms with E-state index in [-0.39, 0.29) is 16.8 Å². The predicted octanol–water partition coefficient (Wildman–Crippen LogP) is 3.30. The maximum atomic E-state index is 11.7. The van der Waals surface area contributed by atoms with Crippen LogP contribution in [0.4, 0.5) is 10.5 Å². The smallest absolute Gasteiger partial charge is 0.408 e. The quantitative estimate of drug-likeness (QED) is 0.874. The number of benzene rings is 1. The van der Waals surface area contributed by atoms with Gasteiger partial charge in [-0.15, -0.1) is 0 Å². The molecule has 0 fully saturated rings. The summed E-state index contributed by atoms with van der Waals surface area (Å²) >= 11 is 6.05. The average Bonchev–Trinajstić information content (AvgIpc) is 2.27. The van der Waals surface area contributed by atoms with Gasteiger partial charge in [-0.05, 0) is 45.4 Å². The van der Waals surface area contributed by atoms with Crippen molar-refractivity contribution in [3.63, 3.8) is 0 Å². The molecule has 0 heterocycles. The first kappa shape index (κ1) is 18.6. The minimum absolute atomic E-state index is 0.251. The van der Waals surface area contributed by atoms with Gasteiger partial charge in [0.05, 0.1) is 23.0 Å². The Kier molecular flexibility index (Phi) is 5.70. The first-order valence-electron chi connectivity index (χ1n) is 6.64. The normalized spacial score (nSPS) is 13.4. The zero-order chi connectivity index (χ0) is 17.1. The third-order valence-electron chi connectivity index (χ3n) is 2.52. The van der Waals surface area contributed by atoms with E-state index in [0.29, 0.717) is 0 Å². The van der Waals surface area contributed by atoms with Gasteiger partial charge in [-0.1, -0.05) is 17.7 Å². The summed E-state index contributed by atoms with van der Waals surface area (Å²) < 4.78 is 29.9. The fourth-order valence-corrected chi connectivity index (χ4v) is 2.52. The number of sulfonamides is 1. The molecule has 1 aromatic rings. The summed E-state index contributed by atoms with van der Waals surface area (Å²) in [5.74, 6) is 0. The fourth-order valence-electron chi connectivity index (χ4n) is 1.65. The molecule has 0 aliphatic heterocycles. The van der Waals surface area contributed by atoms with Crippen LogP contribution in [-0.2, 0) is 14.8 Å². The molecule has 0 aliphatic carbocycles. The van der Waals surface area contributed by atoms with E-state index in [1.807, 2.05) is 0 Å². The number of anilines is 1. The average molecular weight is 349 g/mol. The number of amides is 1. The number of halogens is 1. The van der Waals surface area contributed by atoms with Gasteiger partial charge in [0, 0.05) is 0 Å². The second-order valence-electron chi connectivity index (χ2n) is 5.98. The molecule has 1 rings (SSSR count). The zero-order valence-electron chi connectivity index (χ0n) is 13.2. The molecule has 0 aliphatic rings. The van der Waals surface area contributed by atoms with Crippen molar-refractivity contribution >= 4 is 33.4 Å². The molecule has 0 spiro atoms. The second kappa shape index (κ2) is 6.75. The molecule has 0 aromatic heterocycles. The molecule has 8 heteroatoms. The minimum Gasteiger partial charge on any atom is -0.444 e. The second-order valence-corrected chi connectivity index (χ2v) is 8.14. The van der Waals surface area contributed by atoms with E-state index in [4.69, 9.17) is 16.3 Å². The molecule has 0 bridgehead atoms. The number of hydrogen-bond donors (Lipinski definition) is 2.